The average Bonchev–Trinajstić information content (AvgIpc) is 2.66. The first-order valence-electron chi connectivity index (χ1n) is 8.47. The molecular formula is C20H21F2NO4. The van der Waals surface area contributed by atoms with Gasteiger partial charge in [-0.05, 0) is 18.6 Å². The molecular weight excluding hydrogens is 356 g/mol. The molecule has 0 heterocycles. The van der Waals surface area contributed by atoms with Crippen LogP contribution in [0.1, 0.15) is 24.5 Å². The quantitative estimate of drug-likeness (QED) is 0.728. The van der Waals surface area contributed by atoms with E-state index in [1.54, 1.807) is 6.92 Å². The fourth-order valence-corrected chi connectivity index (χ4v) is 2.50. The molecule has 2 rings (SSSR count). The third-order valence-electron chi connectivity index (χ3n) is 3.99. The van der Waals surface area contributed by atoms with Gasteiger partial charge in [0, 0.05) is 18.7 Å². The highest BCUT2D eigenvalue weighted by atomic mass is 19.2. The number of hydrogen-bond acceptors (Lipinski definition) is 3. The summed E-state index contributed by atoms with van der Waals surface area (Å²) in [6.07, 6.45) is -1.18. The Labute approximate surface area is 156 Å². The summed E-state index contributed by atoms with van der Waals surface area (Å²) < 4.78 is 32.9. The Hall–Kier alpha value is -2.80. The van der Waals surface area contributed by atoms with Gasteiger partial charge in [0.05, 0.1) is 13.0 Å². The lowest BCUT2D eigenvalue weighted by atomic mass is 10.1. The van der Waals surface area contributed by atoms with Crippen molar-refractivity contribution in [3.8, 4) is 0 Å². The van der Waals surface area contributed by atoms with Crippen molar-refractivity contribution < 1.29 is 28.2 Å². The van der Waals surface area contributed by atoms with Crippen LogP contribution in [0.25, 0.3) is 0 Å². The number of ether oxygens (including phenoxy) is 1. The molecule has 0 aromatic heterocycles. The molecule has 27 heavy (non-hydrogen) atoms. The van der Waals surface area contributed by atoms with E-state index in [9.17, 15) is 18.4 Å². The van der Waals surface area contributed by atoms with Crippen molar-refractivity contribution in [2.45, 2.75) is 32.6 Å². The largest absolute Gasteiger partial charge is 0.481 e. The molecule has 0 fully saturated rings. The fourth-order valence-electron chi connectivity index (χ4n) is 2.50. The zero-order valence-electron chi connectivity index (χ0n) is 14.9. The van der Waals surface area contributed by atoms with Gasteiger partial charge in [-0.3, -0.25) is 9.59 Å². The Morgan fingerprint density at radius 3 is 2.48 bits per heavy atom. The SMILES string of the molecule is C[C@@H](OCc1ccccc1)C(=O)N(CCC(=O)O)Cc1cccc(F)c1F. The molecule has 2 aromatic rings. The molecule has 1 N–H and O–H groups in total. The number of benzene rings is 2. The smallest absolute Gasteiger partial charge is 0.305 e. The minimum atomic E-state index is -1.09. The van der Waals surface area contributed by atoms with Crippen LogP contribution in [0.4, 0.5) is 8.78 Å². The third-order valence-corrected chi connectivity index (χ3v) is 3.99. The molecule has 5 nitrogen and oxygen atoms in total. The van der Waals surface area contributed by atoms with Crippen LogP contribution >= 0.6 is 0 Å². The summed E-state index contributed by atoms with van der Waals surface area (Å²) in [6.45, 7) is 1.37. The molecule has 0 aliphatic heterocycles. The van der Waals surface area contributed by atoms with Gasteiger partial charge in [-0.15, -0.1) is 0 Å². The molecule has 0 spiro atoms. The Kier molecular flexibility index (Phi) is 7.43. The molecule has 144 valence electrons. The predicted octanol–water partition coefficient (Wildman–Crippen LogP) is 3.37. The van der Waals surface area contributed by atoms with Gasteiger partial charge in [-0.1, -0.05) is 42.5 Å². The van der Waals surface area contributed by atoms with Crippen LogP contribution in [0.15, 0.2) is 48.5 Å². The number of amides is 1. The minimum Gasteiger partial charge on any atom is -0.481 e. The number of carboxylic acid groups (broad SMARTS) is 1. The minimum absolute atomic E-state index is 0.0241. The standard InChI is InChI=1S/C20H21F2NO4/c1-14(27-13-15-6-3-2-4-7-15)20(26)23(11-10-18(24)25)12-16-8-5-9-17(21)19(16)22/h2-9,14H,10-13H2,1H3,(H,24,25)/t14-/m1/s1. The fraction of sp³-hybridized carbons (Fsp3) is 0.300. The first-order valence-corrected chi connectivity index (χ1v) is 8.47. The summed E-state index contributed by atoms with van der Waals surface area (Å²) in [5, 5.41) is 8.90. The van der Waals surface area contributed by atoms with Crippen molar-refractivity contribution in [2.75, 3.05) is 6.54 Å². The molecule has 1 atom stereocenters. The first kappa shape index (κ1) is 20.5. The topological polar surface area (TPSA) is 66.8 Å². The van der Waals surface area contributed by atoms with Crippen molar-refractivity contribution >= 4 is 11.9 Å². The highest BCUT2D eigenvalue weighted by Gasteiger charge is 2.23. The summed E-state index contributed by atoms with van der Waals surface area (Å²) in [7, 11) is 0. The van der Waals surface area contributed by atoms with Crippen LogP contribution < -0.4 is 0 Å². The van der Waals surface area contributed by atoms with E-state index in [1.807, 2.05) is 30.3 Å². The van der Waals surface area contributed by atoms with Crippen molar-refractivity contribution in [1.29, 1.82) is 0 Å². The van der Waals surface area contributed by atoms with Crippen LogP contribution in [-0.2, 0) is 27.5 Å². The molecule has 2 aromatic carbocycles. The summed E-state index contributed by atoms with van der Waals surface area (Å²) in [5.74, 6) is -3.66. The summed E-state index contributed by atoms with van der Waals surface area (Å²) in [6, 6.07) is 12.9. The highest BCUT2D eigenvalue weighted by molar-refractivity contribution is 5.81. The van der Waals surface area contributed by atoms with Gasteiger partial charge in [0.25, 0.3) is 5.91 Å². The first-order chi connectivity index (χ1) is 12.9. The summed E-state index contributed by atoms with van der Waals surface area (Å²) >= 11 is 0. The Balaban J connectivity index is 2.07. The molecule has 1 amide bonds. The summed E-state index contributed by atoms with van der Waals surface area (Å²) in [5.41, 5.74) is 0.856. The number of carbonyl (C=O) groups is 2. The molecule has 0 unspecified atom stereocenters. The van der Waals surface area contributed by atoms with Crippen LogP contribution in [0.5, 0.6) is 0 Å². The third kappa shape index (κ3) is 6.14. The van der Waals surface area contributed by atoms with Gasteiger partial charge >= 0.3 is 5.97 Å². The zero-order valence-corrected chi connectivity index (χ0v) is 14.9. The monoisotopic (exact) mass is 377 g/mol. The van der Waals surface area contributed by atoms with E-state index in [1.165, 1.54) is 17.0 Å². The number of rotatable bonds is 9. The van der Waals surface area contributed by atoms with Crippen molar-refractivity contribution in [3.05, 3.63) is 71.3 Å². The number of nitrogens with zero attached hydrogens (tertiary/aromatic N) is 1. The van der Waals surface area contributed by atoms with Crippen LogP contribution in [0, 0.1) is 11.6 Å². The van der Waals surface area contributed by atoms with Gasteiger partial charge in [0.2, 0.25) is 0 Å². The van der Waals surface area contributed by atoms with Gasteiger partial charge in [-0.25, -0.2) is 8.78 Å². The van der Waals surface area contributed by atoms with Crippen LogP contribution in [0.2, 0.25) is 0 Å². The van der Waals surface area contributed by atoms with E-state index in [-0.39, 0.29) is 31.7 Å². The highest BCUT2D eigenvalue weighted by Crippen LogP contribution is 2.16. The normalized spacial score (nSPS) is 11.8. The van der Waals surface area contributed by atoms with Crippen molar-refractivity contribution in [1.82, 2.24) is 4.90 Å². The maximum atomic E-state index is 13.9. The van der Waals surface area contributed by atoms with Crippen LogP contribution in [-0.4, -0.2) is 34.5 Å². The number of halogens is 2. The van der Waals surface area contributed by atoms with Gasteiger partial charge in [0.15, 0.2) is 11.6 Å². The Morgan fingerprint density at radius 1 is 1.11 bits per heavy atom. The van der Waals surface area contributed by atoms with Crippen LogP contribution in [0.3, 0.4) is 0 Å². The van der Waals surface area contributed by atoms with Crippen molar-refractivity contribution in [2.24, 2.45) is 0 Å². The zero-order chi connectivity index (χ0) is 19.8. The lowest BCUT2D eigenvalue weighted by molar-refractivity contribution is -0.145. The lowest BCUT2D eigenvalue weighted by Crippen LogP contribution is -2.40. The maximum Gasteiger partial charge on any atom is 0.305 e. The molecule has 0 radical (unpaired) electrons. The predicted molar refractivity (Wildman–Crippen MR) is 94.7 cm³/mol. The molecule has 0 saturated carbocycles. The Morgan fingerprint density at radius 2 is 1.81 bits per heavy atom. The van der Waals surface area contributed by atoms with Gasteiger partial charge in [-0.2, -0.15) is 0 Å². The number of carboxylic acids is 1. The lowest BCUT2D eigenvalue weighted by Gasteiger charge is -2.26. The van der Waals surface area contributed by atoms with E-state index in [2.05, 4.69) is 0 Å². The molecule has 0 bridgehead atoms. The second-order valence-corrected chi connectivity index (χ2v) is 6.06. The summed E-state index contributed by atoms with van der Waals surface area (Å²) in [4.78, 5) is 24.7. The van der Waals surface area contributed by atoms with E-state index >= 15 is 0 Å². The number of hydrogen-bond donors (Lipinski definition) is 1. The van der Waals surface area contributed by atoms with E-state index in [0.29, 0.717) is 0 Å². The second-order valence-electron chi connectivity index (χ2n) is 6.06. The van der Waals surface area contributed by atoms with Gasteiger partial charge < -0.3 is 14.7 Å². The molecule has 0 saturated heterocycles. The maximum absolute atomic E-state index is 13.9. The second kappa shape index (κ2) is 9.78. The molecule has 7 heteroatoms. The number of aliphatic carboxylic acids is 1. The molecule has 0 aliphatic carbocycles. The number of carbonyl (C=O) groups excluding carboxylic acids is 1. The van der Waals surface area contributed by atoms with Gasteiger partial charge in [0.1, 0.15) is 6.10 Å². The molecule has 0 aliphatic rings. The van der Waals surface area contributed by atoms with Crippen molar-refractivity contribution in [3.63, 3.8) is 0 Å². The van der Waals surface area contributed by atoms with E-state index in [4.69, 9.17) is 9.84 Å². The van der Waals surface area contributed by atoms with E-state index in [0.717, 1.165) is 11.6 Å². The van der Waals surface area contributed by atoms with E-state index < -0.39 is 29.6 Å². The average molecular weight is 377 g/mol. The Bertz CT molecular complexity index is 783.